The summed E-state index contributed by atoms with van der Waals surface area (Å²) in [5, 5.41) is 4.47. The number of ether oxygens (including phenoxy) is 3. The summed E-state index contributed by atoms with van der Waals surface area (Å²) in [6.07, 6.45) is -3.69. The molecule has 1 N–H and O–H groups in total. The van der Waals surface area contributed by atoms with Gasteiger partial charge < -0.3 is 19.5 Å². The van der Waals surface area contributed by atoms with Gasteiger partial charge >= 0.3 is 6.29 Å². The standard InChI is InChI=1S/C19H13F2NO4/c20-19(21)25-16-9-8-13(10-17(16)26-19)22-18(23)11-24-15-7-3-5-12-4-1-2-6-14(12)15/h1-10H,11H2,(H,22,23). The molecule has 5 nitrogen and oxygen atoms in total. The van der Waals surface area contributed by atoms with Gasteiger partial charge in [0.1, 0.15) is 5.75 Å². The normalized spacial score (nSPS) is 14.2. The largest absolute Gasteiger partial charge is 0.586 e. The van der Waals surface area contributed by atoms with E-state index in [4.69, 9.17) is 4.74 Å². The van der Waals surface area contributed by atoms with Gasteiger partial charge in [-0.15, -0.1) is 8.78 Å². The molecule has 1 heterocycles. The van der Waals surface area contributed by atoms with E-state index in [2.05, 4.69) is 14.8 Å². The average molecular weight is 357 g/mol. The van der Waals surface area contributed by atoms with Crippen molar-refractivity contribution in [1.82, 2.24) is 0 Å². The summed E-state index contributed by atoms with van der Waals surface area (Å²) in [5.74, 6) is -0.0603. The van der Waals surface area contributed by atoms with Crippen LogP contribution < -0.4 is 19.5 Å². The Morgan fingerprint density at radius 2 is 1.77 bits per heavy atom. The molecular formula is C19H13F2NO4. The van der Waals surface area contributed by atoms with Crippen molar-refractivity contribution in [3.05, 3.63) is 60.7 Å². The van der Waals surface area contributed by atoms with E-state index >= 15 is 0 Å². The Bertz CT molecular complexity index is 985. The van der Waals surface area contributed by atoms with Gasteiger partial charge in [0.2, 0.25) is 0 Å². The van der Waals surface area contributed by atoms with E-state index < -0.39 is 12.2 Å². The number of halogens is 2. The molecule has 0 unspecified atom stereocenters. The molecule has 0 atom stereocenters. The van der Waals surface area contributed by atoms with Gasteiger partial charge in [0.25, 0.3) is 5.91 Å². The average Bonchev–Trinajstić information content (AvgIpc) is 2.93. The molecule has 3 aromatic carbocycles. The maximum atomic E-state index is 13.0. The van der Waals surface area contributed by atoms with E-state index in [1.54, 1.807) is 6.07 Å². The Morgan fingerprint density at radius 1 is 1.00 bits per heavy atom. The van der Waals surface area contributed by atoms with E-state index in [1.165, 1.54) is 18.2 Å². The number of nitrogens with one attached hydrogen (secondary N) is 1. The van der Waals surface area contributed by atoms with Crippen LogP contribution in [0.25, 0.3) is 10.8 Å². The highest BCUT2D eigenvalue weighted by Gasteiger charge is 2.43. The quantitative estimate of drug-likeness (QED) is 0.761. The number of hydrogen-bond donors (Lipinski definition) is 1. The van der Waals surface area contributed by atoms with Crippen LogP contribution >= 0.6 is 0 Å². The molecule has 1 amide bonds. The summed E-state index contributed by atoms with van der Waals surface area (Å²) in [6, 6.07) is 17.2. The van der Waals surface area contributed by atoms with Gasteiger partial charge in [0.15, 0.2) is 18.1 Å². The monoisotopic (exact) mass is 357 g/mol. The summed E-state index contributed by atoms with van der Waals surface area (Å²) in [6.45, 7) is -0.224. The molecule has 132 valence electrons. The third-order valence-corrected chi connectivity index (χ3v) is 3.79. The predicted octanol–water partition coefficient (Wildman–Crippen LogP) is 4.18. The smallest absolute Gasteiger partial charge is 0.483 e. The molecule has 0 radical (unpaired) electrons. The first-order valence-electron chi connectivity index (χ1n) is 7.80. The zero-order valence-electron chi connectivity index (χ0n) is 13.4. The summed E-state index contributed by atoms with van der Waals surface area (Å²) in [4.78, 5) is 12.1. The number of carbonyl (C=O) groups is 1. The Labute approximate surface area is 147 Å². The van der Waals surface area contributed by atoms with E-state index in [-0.39, 0.29) is 18.1 Å². The van der Waals surface area contributed by atoms with Crippen molar-refractivity contribution >= 4 is 22.4 Å². The molecule has 1 aliphatic rings. The molecule has 3 aromatic rings. The zero-order chi connectivity index (χ0) is 18.1. The first-order valence-corrected chi connectivity index (χ1v) is 7.80. The fourth-order valence-electron chi connectivity index (χ4n) is 2.69. The zero-order valence-corrected chi connectivity index (χ0v) is 13.4. The molecule has 4 rings (SSSR count). The molecule has 26 heavy (non-hydrogen) atoms. The molecule has 0 saturated carbocycles. The lowest BCUT2D eigenvalue weighted by atomic mass is 10.1. The Morgan fingerprint density at radius 3 is 2.65 bits per heavy atom. The third kappa shape index (κ3) is 3.23. The number of anilines is 1. The summed E-state index contributed by atoms with van der Waals surface area (Å²) in [7, 11) is 0. The van der Waals surface area contributed by atoms with Crippen molar-refractivity contribution in [3.8, 4) is 17.2 Å². The van der Waals surface area contributed by atoms with Crippen LogP contribution in [0.4, 0.5) is 14.5 Å². The number of carbonyl (C=O) groups excluding carboxylic acids is 1. The molecule has 0 aliphatic carbocycles. The van der Waals surface area contributed by atoms with Crippen LogP contribution in [-0.4, -0.2) is 18.8 Å². The highest BCUT2D eigenvalue weighted by molar-refractivity contribution is 5.93. The van der Waals surface area contributed by atoms with Crippen LogP contribution in [0, 0.1) is 0 Å². The predicted molar refractivity (Wildman–Crippen MR) is 90.7 cm³/mol. The maximum absolute atomic E-state index is 13.0. The molecule has 0 spiro atoms. The lowest BCUT2D eigenvalue weighted by Crippen LogP contribution is -2.25. The van der Waals surface area contributed by atoms with Gasteiger partial charge in [-0.3, -0.25) is 4.79 Å². The minimum atomic E-state index is -3.69. The minimum absolute atomic E-state index is 0.0833. The number of alkyl halides is 2. The van der Waals surface area contributed by atoms with Crippen LogP contribution in [0.3, 0.4) is 0 Å². The number of fused-ring (bicyclic) bond motifs is 2. The van der Waals surface area contributed by atoms with Crippen LogP contribution in [-0.2, 0) is 4.79 Å². The topological polar surface area (TPSA) is 56.8 Å². The van der Waals surface area contributed by atoms with Crippen molar-refractivity contribution in [3.63, 3.8) is 0 Å². The van der Waals surface area contributed by atoms with Crippen molar-refractivity contribution in [2.45, 2.75) is 6.29 Å². The van der Waals surface area contributed by atoms with Crippen molar-refractivity contribution in [2.24, 2.45) is 0 Å². The number of hydrogen-bond acceptors (Lipinski definition) is 4. The molecule has 0 saturated heterocycles. The lowest BCUT2D eigenvalue weighted by molar-refractivity contribution is -0.286. The molecule has 0 aromatic heterocycles. The first kappa shape index (κ1) is 16.1. The van der Waals surface area contributed by atoms with Crippen LogP contribution in [0.15, 0.2) is 60.7 Å². The Hall–Kier alpha value is -3.35. The molecule has 1 aliphatic heterocycles. The second kappa shape index (κ2) is 6.18. The summed E-state index contributed by atoms with van der Waals surface area (Å²) in [5.41, 5.74) is 0.302. The second-order valence-corrected chi connectivity index (χ2v) is 5.64. The molecule has 0 bridgehead atoms. The fraction of sp³-hybridized carbons (Fsp3) is 0.105. The van der Waals surface area contributed by atoms with Gasteiger partial charge in [0, 0.05) is 17.1 Å². The number of benzene rings is 3. The third-order valence-electron chi connectivity index (χ3n) is 3.79. The number of amides is 1. The summed E-state index contributed by atoms with van der Waals surface area (Å²) >= 11 is 0. The summed E-state index contributed by atoms with van der Waals surface area (Å²) < 4.78 is 40.3. The van der Waals surface area contributed by atoms with Gasteiger partial charge in [-0.2, -0.15) is 0 Å². The fourth-order valence-corrected chi connectivity index (χ4v) is 2.69. The van der Waals surface area contributed by atoms with Gasteiger partial charge in [-0.05, 0) is 23.6 Å². The van der Waals surface area contributed by atoms with Crippen molar-refractivity contribution < 1.29 is 27.8 Å². The van der Waals surface area contributed by atoms with E-state index in [0.29, 0.717) is 11.4 Å². The van der Waals surface area contributed by atoms with Crippen LogP contribution in [0.5, 0.6) is 17.2 Å². The SMILES string of the molecule is O=C(COc1cccc2ccccc12)Nc1ccc2c(c1)OC(F)(F)O2. The highest BCUT2D eigenvalue weighted by atomic mass is 19.3. The Balaban J connectivity index is 1.42. The molecule has 0 fully saturated rings. The number of rotatable bonds is 4. The van der Waals surface area contributed by atoms with Gasteiger partial charge in [-0.25, -0.2) is 0 Å². The van der Waals surface area contributed by atoms with E-state index in [1.807, 2.05) is 36.4 Å². The van der Waals surface area contributed by atoms with Gasteiger partial charge in [0.05, 0.1) is 0 Å². The maximum Gasteiger partial charge on any atom is 0.586 e. The Kier molecular flexibility index (Phi) is 3.84. The highest BCUT2D eigenvalue weighted by Crippen LogP contribution is 2.42. The van der Waals surface area contributed by atoms with Crippen molar-refractivity contribution in [1.29, 1.82) is 0 Å². The first-order chi connectivity index (χ1) is 12.5. The van der Waals surface area contributed by atoms with E-state index in [9.17, 15) is 13.6 Å². The molecular weight excluding hydrogens is 344 g/mol. The van der Waals surface area contributed by atoms with E-state index in [0.717, 1.165) is 10.8 Å². The van der Waals surface area contributed by atoms with Gasteiger partial charge in [-0.1, -0.05) is 36.4 Å². The van der Waals surface area contributed by atoms with Crippen molar-refractivity contribution in [2.75, 3.05) is 11.9 Å². The minimum Gasteiger partial charge on any atom is -0.483 e. The van der Waals surface area contributed by atoms with Crippen LogP contribution in [0.1, 0.15) is 0 Å². The lowest BCUT2D eigenvalue weighted by Gasteiger charge is -2.10. The van der Waals surface area contributed by atoms with Crippen LogP contribution in [0.2, 0.25) is 0 Å². The second-order valence-electron chi connectivity index (χ2n) is 5.64. The molecule has 7 heteroatoms.